The quantitative estimate of drug-likeness (QED) is 0.913. The molecule has 7 nitrogen and oxygen atoms in total. The monoisotopic (exact) mass is 309 g/mol. The first kappa shape index (κ1) is 15.5. The topological polar surface area (TPSA) is 71.8 Å². The molecule has 0 aliphatic heterocycles. The number of rotatable bonds is 5. The van der Waals surface area contributed by atoms with Gasteiger partial charge in [0.15, 0.2) is 0 Å². The Labute approximate surface area is 129 Å². The fourth-order valence-electron chi connectivity index (χ4n) is 1.78. The molecular weight excluding hydrogens is 290 g/mol. The van der Waals surface area contributed by atoms with E-state index in [9.17, 15) is 0 Å². The minimum absolute atomic E-state index is 0.458. The van der Waals surface area contributed by atoms with Crippen molar-refractivity contribution in [3.63, 3.8) is 0 Å². The van der Waals surface area contributed by atoms with Crippen LogP contribution in [0, 0.1) is 13.8 Å². The summed E-state index contributed by atoms with van der Waals surface area (Å²) in [5, 5.41) is 8.19. The zero-order chi connectivity index (χ0) is 15.6. The molecule has 0 bridgehead atoms. The third-order valence-electron chi connectivity index (χ3n) is 2.94. The molecule has 0 amide bonds. The Hall–Kier alpha value is -1.89. The molecule has 2 aromatic rings. The van der Waals surface area contributed by atoms with E-state index in [1.165, 1.54) is 0 Å². The molecule has 21 heavy (non-hydrogen) atoms. The van der Waals surface area contributed by atoms with Gasteiger partial charge < -0.3 is 10.2 Å². The van der Waals surface area contributed by atoms with E-state index in [1.54, 1.807) is 4.68 Å². The van der Waals surface area contributed by atoms with Crippen molar-refractivity contribution in [2.45, 2.75) is 27.2 Å². The van der Waals surface area contributed by atoms with E-state index in [4.69, 9.17) is 11.6 Å². The van der Waals surface area contributed by atoms with Crippen LogP contribution in [0.1, 0.15) is 24.7 Å². The Bertz CT molecular complexity index is 636. The molecular formula is C13H20ClN7. The van der Waals surface area contributed by atoms with E-state index in [-0.39, 0.29) is 0 Å². The molecule has 0 saturated carbocycles. The summed E-state index contributed by atoms with van der Waals surface area (Å²) >= 11 is 6.19. The summed E-state index contributed by atoms with van der Waals surface area (Å²) in [6, 6.07) is 0. The van der Waals surface area contributed by atoms with Gasteiger partial charge in [-0.15, -0.1) is 0 Å². The zero-order valence-electron chi connectivity index (χ0n) is 13.0. The highest BCUT2D eigenvalue weighted by Gasteiger charge is 2.15. The first-order chi connectivity index (χ1) is 9.93. The molecule has 0 spiro atoms. The minimum atomic E-state index is 0.458. The van der Waals surface area contributed by atoms with Gasteiger partial charge in [-0.2, -0.15) is 20.1 Å². The largest absolute Gasteiger partial charge is 0.354 e. The third-order valence-corrected chi connectivity index (χ3v) is 3.48. The minimum Gasteiger partial charge on any atom is -0.354 e. The Morgan fingerprint density at radius 1 is 1.19 bits per heavy atom. The maximum atomic E-state index is 6.19. The van der Waals surface area contributed by atoms with E-state index >= 15 is 0 Å². The maximum Gasteiger partial charge on any atom is 0.257 e. The molecule has 0 fully saturated rings. The SMILES string of the molecule is CCCNc1nc(N(C)C)nc(-n2nc(C)c(Cl)c2C)n1. The number of hydrogen-bond donors (Lipinski definition) is 1. The molecule has 2 heterocycles. The zero-order valence-corrected chi connectivity index (χ0v) is 13.7. The van der Waals surface area contributed by atoms with Crippen molar-refractivity contribution >= 4 is 23.5 Å². The molecule has 0 aliphatic rings. The van der Waals surface area contributed by atoms with Gasteiger partial charge >= 0.3 is 0 Å². The predicted molar refractivity (Wildman–Crippen MR) is 84.5 cm³/mol. The summed E-state index contributed by atoms with van der Waals surface area (Å²) in [5.74, 6) is 1.57. The standard InChI is InChI=1S/C13H20ClN7/c1-6-7-15-11-16-12(20(4)5)18-13(17-11)21-9(3)10(14)8(2)19-21/h6-7H2,1-5H3,(H,15,16,17,18). The van der Waals surface area contributed by atoms with Crippen LogP contribution in [-0.2, 0) is 0 Å². The van der Waals surface area contributed by atoms with Gasteiger partial charge in [-0.1, -0.05) is 18.5 Å². The van der Waals surface area contributed by atoms with Crippen molar-refractivity contribution in [2.75, 3.05) is 30.9 Å². The van der Waals surface area contributed by atoms with Crippen molar-refractivity contribution in [2.24, 2.45) is 0 Å². The molecule has 8 heteroatoms. The van der Waals surface area contributed by atoms with Gasteiger partial charge in [-0.05, 0) is 20.3 Å². The molecule has 0 unspecified atom stereocenters. The molecule has 0 radical (unpaired) electrons. The second-order valence-electron chi connectivity index (χ2n) is 4.98. The summed E-state index contributed by atoms with van der Waals surface area (Å²) in [4.78, 5) is 15.1. The van der Waals surface area contributed by atoms with E-state index < -0.39 is 0 Å². The average molecular weight is 310 g/mol. The van der Waals surface area contributed by atoms with Crippen molar-refractivity contribution in [1.29, 1.82) is 0 Å². The lowest BCUT2D eigenvalue weighted by molar-refractivity contribution is 0.759. The lowest BCUT2D eigenvalue weighted by Crippen LogP contribution is -2.18. The van der Waals surface area contributed by atoms with Crippen LogP contribution in [0.3, 0.4) is 0 Å². The van der Waals surface area contributed by atoms with Gasteiger partial charge in [0, 0.05) is 20.6 Å². The Balaban J connectivity index is 2.51. The van der Waals surface area contributed by atoms with Crippen LogP contribution in [0.25, 0.3) is 5.95 Å². The number of hydrogen-bond acceptors (Lipinski definition) is 6. The van der Waals surface area contributed by atoms with Crippen molar-refractivity contribution < 1.29 is 0 Å². The molecule has 0 saturated heterocycles. The number of nitrogens with one attached hydrogen (secondary N) is 1. The van der Waals surface area contributed by atoms with E-state index in [0.29, 0.717) is 22.9 Å². The molecule has 1 N–H and O–H groups in total. The van der Waals surface area contributed by atoms with Crippen molar-refractivity contribution in [1.82, 2.24) is 24.7 Å². The van der Waals surface area contributed by atoms with Crippen LogP contribution in [0.15, 0.2) is 0 Å². The first-order valence-electron chi connectivity index (χ1n) is 6.83. The highest BCUT2D eigenvalue weighted by molar-refractivity contribution is 6.31. The number of nitrogens with zero attached hydrogens (tertiary/aromatic N) is 6. The molecule has 2 rings (SSSR count). The van der Waals surface area contributed by atoms with Gasteiger partial charge in [0.1, 0.15) is 0 Å². The van der Waals surface area contributed by atoms with Crippen LogP contribution < -0.4 is 10.2 Å². The molecule has 114 valence electrons. The fourth-order valence-corrected chi connectivity index (χ4v) is 1.90. The highest BCUT2D eigenvalue weighted by Crippen LogP contribution is 2.22. The van der Waals surface area contributed by atoms with Crippen LogP contribution in [0.2, 0.25) is 5.02 Å². The highest BCUT2D eigenvalue weighted by atomic mass is 35.5. The van der Waals surface area contributed by atoms with Gasteiger partial charge in [0.05, 0.1) is 16.4 Å². The second-order valence-corrected chi connectivity index (χ2v) is 5.35. The second kappa shape index (κ2) is 6.26. The Kier molecular flexibility index (Phi) is 4.62. The maximum absolute atomic E-state index is 6.19. The fraction of sp³-hybridized carbons (Fsp3) is 0.538. The Morgan fingerprint density at radius 2 is 1.90 bits per heavy atom. The summed E-state index contributed by atoms with van der Waals surface area (Å²) < 4.78 is 1.64. The van der Waals surface area contributed by atoms with Crippen LogP contribution in [-0.4, -0.2) is 45.4 Å². The first-order valence-corrected chi connectivity index (χ1v) is 7.21. The molecule has 0 atom stereocenters. The van der Waals surface area contributed by atoms with E-state index in [2.05, 4.69) is 32.3 Å². The lowest BCUT2D eigenvalue weighted by atomic mass is 10.4. The third kappa shape index (κ3) is 3.24. The molecule has 0 aliphatic carbocycles. The summed E-state index contributed by atoms with van der Waals surface area (Å²) in [6.07, 6.45) is 0.990. The summed E-state index contributed by atoms with van der Waals surface area (Å²) in [5.41, 5.74) is 1.57. The number of halogens is 1. The predicted octanol–water partition coefficient (Wildman–Crippen LogP) is 2.22. The smallest absolute Gasteiger partial charge is 0.257 e. The van der Waals surface area contributed by atoms with Crippen LogP contribution in [0.5, 0.6) is 0 Å². The number of aromatic nitrogens is 5. The number of aryl methyl sites for hydroxylation is 1. The molecule has 2 aromatic heterocycles. The lowest BCUT2D eigenvalue weighted by Gasteiger charge is -2.13. The van der Waals surface area contributed by atoms with E-state index in [1.807, 2.05) is 32.8 Å². The molecule has 0 aromatic carbocycles. The van der Waals surface area contributed by atoms with Crippen LogP contribution >= 0.6 is 11.6 Å². The average Bonchev–Trinajstić information content (AvgIpc) is 2.72. The number of anilines is 2. The van der Waals surface area contributed by atoms with E-state index in [0.717, 1.165) is 24.4 Å². The van der Waals surface area contributed by atoms with Crippen molar-refractivity contribution in [3.8, 4) is 5.95 Å². The normalized spacial score (nSPS) is 10.8. The van der Waals surface area contributed by atoms with Gasteiger partial charge in [-0.25, -0.2) is 4.68 Å². The van der Waals surface area contributed by atoms with Gasteiger partial charge in [0.25, 0.3) is 5.95 Å². The van der Waals surface area contributed by atoms with Gasteiger partial charge in [-0.3, -0.25) is 0 Å². The van der Waals surface area contributed by atoms with Gasteiger partial charge in [0.2, 0.25) is 11.9 Å². The Morgan fingerprint density at radius 3 is 2.43 bits per heavy atom. The summed E-state index contributed by atoms with van der Waals surface area (Å²) in [7, 11) is 3.77. The van der Waals surface area contributed by atoms with Crippen LogP contribution in [0.4, 0.5) is 11.9 Å². The summed E-state index contributed by atoms with van der Waals surface area (Å²) in [6.45, 7) is 6.63. The van der Waals surface area contributed by atoms with Crippen molar-refractivity contribution in [3.05, 3.63) is 16.4 Å².